The van der Waals surface area contributed by atoms with Crippen molar-refractivity contribution >= 4 is 0 Å². The highest BCUT2D eigenvalue weighted by Gasteiger charge is 2.21. The molecule has 12 nitrogen and oxygen atoms in total. The molecule has 0 aromatic carbocycles. The second-order valence-electron chi connectivity index (χ2n) is 7.72. The average Bonchev–Trinajstić information content (AvgIpc) is 2.58. The van der Waals surface area contributed by atoms with Crippen LogP contribution >= 0.6 is 0 Å². The van der Waals surface area contributed by atoms with Gasteiger partial charge in [-0.25, -0.2) is 28.1 Å². The molecule has 1 rings (SSSR count). The second-order valence-corrected chi connectivity index (χ2v) is 7.72. The zero-order chi connectivity index (χ0) is 22.3. The maximum absolute atomic E-state index is 12.8. The Morgan fingerprint density at radius 2 is 1.03 bits per heavy atom. The summed E-state index contributed by atoms with van der Waals surface area (Å²) in [5.41, 5.74) is -2.73. The van der Waals surface area contributed by atoms with E-state index in [2.05, 4.69) is 5.32 Å². The number of rotatable bonds is 12. The summed E-state index contributed by atoms with van der Waals surface area (Å²) in [5.74, 6) is 0. The Kier molecular flexibility index (Phi) is 9.89. The van der Waals surface area contributed by atoms with Gasteiger partial charge in [0.25, 0.3) is 0 Å². The van der Waals surface area contributed by atoms with Crippen molar-refractivity contribution in [1.29, 1.82) is 0 Å². The van der Waals surface area contributed by atoms with Crippen LogP contribution in [-0.4, -0.2) is 112 Å². The fourth-order valence-corrected chi connectivity index (χ4v) is 3.04. The molecule has 1 aromatic heterocycles. The van der Waals surface area contributed by atoms with Crippen LogP contribution in [0.15, 0.2) is 14.4 Å². The fourth-order valence-electron chi connectivity index (χ4n) is 3.04. The van der Waals surface area contributed by atoms with Crippen molar-refractivity contribution < 1.29 is 15.3 Å². The fraction of sp³-hybridized carbons (Fsp3) is 0.824. The molecule has 0 fully saturated rings. The first-order chi connectivity index (χ1) is 13.5. The Morgan fingerprint density at radius 1 is 0.724 bits per heavy atom. The zero-order valence-corrected chi connectivity index (χ0v) is 17.8. The van der Waals surface area contributed by atoms with Crippen molar-refractivity contribution in [2.24, 2.45) is 0 Å². The SMILES string of the molecule is CNCC(O)Cn1c(=O)n(CC(O)CN(C)C)c(=O)n(CC(O)CN(C)C)c1=O. The monoisotopic (exact) mass is 418 g/mol. The quantitative estimate of drug-likeness (QED) is 0.264. The van der Waals surface area contributed by atoms with E-state index in [4.69, 9.17) is 0 Å². The Bertz CT molecular complexity index is 758. The first kappa shape index (κ1) is 25.2. The summed E-state index contributed by atoms with van der Waals surface area (Å²) in [4.78, 5) is 41.7. The molecule has 0 aliphatic rings. The minimum Gasteiger partial charge on any atom is -0.390 e. The number of hydrogen-bond donors (Lipinski definition) is 4. The van der Waals surface area contributed by atoms with E-state index in [1.165, 1.54) is 0 Å². The first-order valence-electron chi connectivity index (χ1n) is 9.40. The van der Waals surface area contributed by atoms with Gasteiger partial charge in [-0.05, 0) is 35.2 Å². The molecule has 4 N–H and O–H groups in total. The molecule has 0 spiro atoms. The van der Waals surface area contributed by atoms with E-state index >= 15 is 0 Å². The Morgan fingerprint density at radius 3 is 1.31 bits per heavy atom. The summed E-state index contributed by atoms with van der Waals surface area (Å²) in [7, 11) is 8.54. The number of aliphatic hydroxyl groups excluding tert-OH is 3. The van der Waals surface area contributed by atoms with Crippen LogP contribution in [0.3, 0.4) is 0 Å². The van der Waals surface area contributed by atoms with Gasteiger partial charge in [0.1, 0.15) is 0 Å². The van der Waals surface area contributed by atoms with Gasteiger partial charge in [0, 0.05) is 19.6 Å². The number of aromatic nitrogens is 3. The minimum absolute atomic E-state index is 0.136. The zero-order valence-electron chi connectivity index (χ0n) is 17.8. The van der Waals surface area contributed by atoms with Crippen LogP contribution in [0.25, 0.3) is 0 Å². The highest BCUT2D eigenvalue weighted by molar-refractivity contribution is 4.83. The molecule has 0 bridgehead atoms. The lowest BCUT2D eigenvalue weighted by molar-refractivity contribution is 0.104. The minimum atomic E-state index is -1.04. The number of nitrogens with zero attached hydrogens (tertiary/aromatic N) is 5. The molecular formula is C17H34N6O6. The summed E-state index contributed by atoms with van der Waals surface area (Å²) in [5, 5.41) is 33.2. The lowest BCUT2D eigenvalue weighted by atomic mass is 10.3. The highest BCUT2D eigenvalue weighted by atomic mass is 16.3. The standard InChI is InChI=1S/C17H34N6O6/c1-18-6-12(24)9-21-15(27)22(10-13(25)7-19(2)3)17(29)23(16(21)28)11-14(26)8-20(4)5/h12-14,18,24-26H,6-11H2,1-5H3. The second kappa shape index (κ2) is 11.4. The lowest BCUT2D eigenvalue weighted by Crippen LogP contribution is -2.58. The van der Waals surface area contributed by atoms with Crippen molar-refractivity contribution in [1.82, 2.24) is 28.8 Å². The third-order valence-electron chi connectivity index (χ3n) is 4.16. The Balaban J connectivity index is 3.45. The molecule has 1 aromatic rings. The van der Waals surface area contributed by atoms with E-state index in [9.17, 15) is 29.7 Å². The van der Waals surface area contributed by atoms with Crippen molar-refractivity contribution in [3.8, 4) is 0 Å². The van der Waals surface area contributed by atoms with Gasteiger partial charge in [-0.2, -0.15) is 0 Å². The van der Waals surface area contributed by atoms with Gasteiger partial charge in [-0.1, -0.05) is 0 Å². The van der Waals surface area contributed by atoms with Crippen LogP contribution in [0.2, 0.25) is 0 Å². The van der Waals surface area contributed by atoms with Crippen LogP contribution in [0.1, 0.15) is 0 Å². The smallest absolute Gasteiger partial charge is 0.336 e. The maximum atomic E-state index is 12.8. The molecule has 3 atom stereocenters. The Hall–Kier alpha value is -1.83. The molecule has 0 aliphatic carbocycles. The van der Waals surface area contributed by atoms with E-state index in [1.54, 1.807) is 45.0 Å². The number of nitrogens with one attached hydrogen (secondary N) is 1. The molecular weight excluding hydrogens is 384 g/mol. The van der Waals surface area contributed by atoms with E-state index in [1.807, 2.05) is 0 Å². The summed E-state index contributed by atoms with van der Waals surface area (Å²) in [6.45, 7) is -0.415. The number of likely N-dealkylation sites (N-methyl/N-ethyl adjacent to an activating group) is 3. The molecule has 0 radical (unpaired) electrons. The molecule has 1 heterocycles. The normalized spacial score (nSPS) is 15.1. The summed E-state index contributed by atoms with van der Waals surface area (Å²) >= 11 is 0. The lowest BCUT2D eigenvalue weighted by Gasteiger charge is -2.21. The third kappa shape index (κ3) is 7.49. The van der Waals surface area contributed by atoms with Gasteiger partial charge < -0.3 is 30.4 Å². The number of aliphatic hydroxyl groups is 3. The molecule has 12 heteroatoms. The van der Waals surface area contributed by atoms with Crippen molar-refractivity contribution in [3.05, 3.63) is 31.5 Å². The predicted octanol–water partition coefficient (Wildman–Crippen LogP) is -4.40. The largest absolute Gasteiger partial charge is 0.390 e. The highest BCUT2D eigenvalue weighted by Crippen LogP contribution is 1.92. The van der Waals surface area contributed by atoms with Crippen molar-refractivity contribution in [2.75, 3.05) is 54.9 Å². The van der Waals surface area contributed by atoms with Crippen LogP contribution in [0.4, 0.5) is 0 Å². The van der Waals surface area contributed by atoms with E-state index in [0.29, 0.717) is 0 Å². The molecule has 0 saturated carbocycles. The van der Waals surface area contributed by atoms with Gasteiger partial charge >= 0.3 is 17.1 Å². The average molecular weight is 418 g/mol. The number of hydrogen-bond acceptors (Lipinski definition) is 9. The van der Waals surface area contributed by atoms with Gasteiger partial charge in [-0.15, -0.1) is 0 Å². The van der Waals surface area contributed by atoms with Gasteiger partial charge in [-0.3, -0.25) is 0 Å². The predicted molar refractivity (Wildman–Crippen MR) is 108 cm³/mol. The molecule has 0 amide bonds. The van der Waals surface area contributed by atoms with Crippen molar-refractivity contribution in [2.45, 2.75) is 37.9 Å². The summed E-state index contributed by atoms with van der Waals surface area (Å²) in [6.07, 6.45) is -3.09. The van der Waals surface area contributed by atoms with Crippen LogP contribution in [-0.2, 0) is 19.6 Å². The molecule has 3 unspecified atom stereocenters. The van der Waals surface area contributed by atoms with E-state index in [-0.39, 0.29) is 39.3 Å². The van der Waals surface area contributed by atoms with Crippen LogP contribution in [0, 0.1) is 0 Å². The third-order valence-corrected chi connectivity index (χ3v) is 4.16. The summed E-state index contributed by atoms with van der Waals surface area (Å²) in [6, 6.07) is 0. The molecule has 168 valence electrons. The molecule has 0 aliphatic heterocycles. The molecule has 0 saturated heterocycles. The maximum Gasteiger partial charge on any atom is 0.336 e. The van der Waals surface area contributed by atoms with Crippen LogP contribution < -0.4 is 22.4 Å². The van der Waals surface area contributed by atoms with Crippen molar-refractivity contribution in [3.63, 3.8) is 0 Å². The van der Waals surface area contributed by atoms with Crippen LogP contribution in [0.5, 0.6) is 0 Å². The topological polar surface area (TPSA) is 145 Å². The van der Waals surface area contributed by atoms with E-state index < -0.39 is 35.4 Å². The van der Waals surface area contributed by atoms with Gasteiger partial charge in [0.05, 0.1) is 37.9 Å². The molecule has 29 heavy (non-hydrogen) atoms. The summed E-state index contributed by atoms with van der Waals surface area (Å²) < 4.78 is 2.29. The van der Waals surface area contributed by atoms with E-state index in [0.717, 1.165) is 13.7 Å². The Labute approximate surface area is 169 Å². The first-order valence-corrected chi connectivity index (χ1v) is 9.40. The van der Waals surface area contributed by atoms with Gasteiger partial charge in [0.15, 0.2) is 0 Å². The van der Waals surface area contributed by atoms with Gasteiger partial charge in [0.2, 0.25) is 0 Å².